The number of anilines is 1. The molecule has 8 heteroatoms. The summed E-state index contributed by atoms with van der Waals surface area (Å²) in [4.78, 5) is 31.9. The molecule has 0 bridgehead atoms. The first-order chi connectivity index (χ1) is 9.49. The molecule has 2 heterocycles. The molecular formula is C12H16N2O6. The van der Waals surface area contributed by atoms with Gasteiger partial charge in [0.15, 0.2) is 5.56 Å². The van der Waals surface area contributed by atoms with Crippen molar-refractivity contribution in [2.45, 2.75) is 25.4 Å². The maximum Gasteiger partial charge on any atom is 0.349 e. The van der Waals surface area contributed by atoms with Gasteiger partial charge in [0.2, 0.25) is 5.88 Å². The Morgan fingerprint density at radius 2 is 2.30 bits per heavy atom. The third-order valence-corrected chi connectivity index (χ3v) is 2.51. The van der Waals surface area contributed by atoms with Gasteiger partial charge in [0, 0.05) is 12.8 Å². The van der Waals surface area contributed by atoms with Crippen molar-refractivity contribution in [3.05, 3.63) is 28.6 Å². The highest BCUT2D eigenvalue weighted by molar-refractivity contribution is 5.93. The zero-order valence-electron chi connectivity index (χ0n) is 11.0. The zero-order valence-corrected chi connectivity index (χ0v) is 11.0. The second-order valence-corrected chi connectivity index (χ2v) is 3.94. The number of aromatic amines is 1. The first kappa shape index (κ1) is 15.5. The first-order valence-corrected chi connectivity index (χ1v) is 5.85. The molecule has 3 N–H and O–H groups in total. The quantitative estimate of drug-likeness (QED) is 0.615. The molecule has 2 rings (SSSR count). The maximum absolute atomic E-state index is 10.7. The number of H-pyrrole nitrogens is 1. The fraction of sp³-hybridized carbons (Fsp3) is 0.417. The van der Waals surface area contributed by atoms with Crippen LogP contribution in [0.25, 0.3) is 0 Å². The lowest BCUT2D eigenvalue weighted by atomic mass is 10.2. The molecule has 0 aromatic carbocycles. The zero-order chi connectivity index (χ0) is 15.1. The number of rotatable bonds is 3. The Labute approximate surface area is 114 Å². The molecule has 20 heavy (non-hydrogen) atoms. The van der Waals surface area contributed by atoms with Gasteiger partial charge in [-0.25, -0.2) is 4.79 Å². The number of carbonyl (C=O) groups excluding carboxylic acids is 2. The molecule has 1 saturated heterocycles. The van der Waals surface area contributed by atoms with Gasteiger partial charge in [0.1, 0.15) is 6.10 Å². The average molecular weight is 284 g/mol. The molecule has 8 nitrogen and oxygen atoms in total. The predicted molar refractivity (Wildman–Crippen MR) is 69.0 cm³/mol. The Morgan fingerprint density at radius 3 is 2.70 bits per heavy atom. The van der Waals surface area contributed by atoms with Crippen LogP contribution in [0.15, 0.2) is 22.0 Å². The number of nitrogens with two attached hydrogens (primary N) is 1. The van der Waals surface area contributed by atoms with Crippen molar-refractivity contribution in [2.75, 3.05) is 12.8 Å². The van der Waals surface area contributed by atoms with E-state index in [2.05, 4.69) is 15.8 Å². The van der Waals surface area contributed by atoms with Gasteiger partial charge in [-0.3, -0.25) is 9.59 Å². The fourth-order valence-corrected chi connectivity index (χ4v) is 1.55. The lowest BCUT2D eigenvalue weighted by molar-refractivity contribution is -0.141. The van der Waals surface area contributed by atoms with Crippen molar-refractivity contribution in [2.24, 2.45) is 0 Å². The van der Waals surface area contributed by atoms with E-state index in [1.807, 2.05) is 5.16 Å². The van der Waals surface area contributed by atoms with Crippen molar-refractivity contribution in [1.82, 2.24) is 5.16 Å². The van der Waals surface area contributed by atoms with Gasteiger partial charge in [-0.05, 0) is 6.42 Å². The number of cyclic esters (lactones) is 1. The number of nitrogen functional groups attached to an aromatic ring is 1. The summed E-state index contributed by atoms with van der Waals surface area (Å²) in [6, 6.07) is 0. The summed E-state index contributed by atoms with van der Waals surface area (Å²) in [7, 11) is 1.15. The second kappa shape index (κ2) is 7.17. The summed E-state index contributed by atoms with van der Waals surface area (Å²) in [5.41, 5.74) is 4.13. The van der Waals surface area contributed by atoms with Gasteiger partial charge in [-0.15, -0.1) is 6.58 Å². The van der Waals surface area contributed by atoms with E-state index in [0.29, 0.717) is 6.42 Å². The van der Waals surface area contributed by atoms with Gasteiger partial charge in [0.05, 0.1) is 7.11 Å². The van der Waals surface area contributed by atoms with Gasteiger partial charge < -0.3 is 19.7 Å². The van der Waals surface area contributed by atoms with Crippen LogP contribution in [0.2, 0.25) is 0 Å². The number of ether oxygens (including phenoxy) is 2. The van der Waals surface area contributed by atoms with E-state index in [0.717, 1.165) is 20.0 Å². The van der Waals surface area contributed by atoms with Crippen LogP contribution >= 0.6 is 0 Å². The van der Waals surface area contributed by atoms with E-state index in [1.165, 1.54) is 0 Å². The Morgan fingerprint density at radius 1 is 1.60 bits per heavy atom. The number of hydrogen-bond acceptors (Lipinski definition) is 7. The topological polar surface area (TPSA) is 125 Å². The largest absolute Gasteiger partial charge is 0.465 e. The number of carbonyl (C=O) groups is 2. The maximum atomic E-state index is 10.7. The minimum Gasteiger partial charge on any atom is -0.465 e. The summed E-state index contributed by atoms with van der Waals surface area (Å²) >= 11 is 0. The number of nitrogens with one attached hydrogen (secondary N) is 1. The normalized spacial score (nSPS) is 16.9. The minimum absolute atomic E-state index is 0.0677. The van der Waals surface area contributed by atoms with Crippen LogP contribution in [-0.2, 0) is 14.3 Å². The Kier molecular flexibility index (Phi) is 5.57. The van der Waals surface area contributed by atoms with Crippen molar-refractivity contribution < 1.29 is 23.6 Å². The predicted octanol–water partition coefficient (Wildman–Crippen LogP) is 0.605. The SMILES string of the molecule is C=CCC1CCC(=O)O1.COC(=O)c1c(N)o[nH]c1=O. The number of methoxy groups -OCH3 is 1. The average Bonchev–Trinajstić information content (AvgIpc) is 2.97. The number of aromatic nitrogens is 1. The van der Waals surface area contributed by atoms with Crippen LogP contribution in [0.1, 0.15) is 29.6 Å². The van der Waals surface area contributed by atoms with Gasteiger partial charge >= 0.3 is 11.9 Å². The molecule has 0 spiro atoms. The highest BCUT2D eigenvalue weighted by Gasteiger charge is 2.21. The monoisotopic (exact) mass is 284 g/mol. The molecule has 110 valence electrons. The fourth-order valence-electron chi connectivity index (χ4n) is 1.55. The molecule has 0 saturated carbocycles. The van der Waals surface area contributed by atoms with Gasteiger partial charge in [-0.1, -0.05) is 6.08 Å². The van der Waals surface area contributed by atoms with Crippen molar-refractivity contribution in [3.63, 3.8) is 0 Å². The third-order valence-electron chi connectivity index (χ3n) is 2.51. The van der Waals surface area contributed by atoms with Crippen molar-refractivity contribution >= 4 is 17.8 Å². The molecule has 1 unspecified atom stereocenters. The molecule has 1 aromatic rings. The Hall–Kier alpha value is -2.51. The van der Waals surface area contributed by atoms with Gasteiger partial charge in [-0.2, -0.15) is 5.16 Å². The van der Waals surface area contributed by atoms with Crippen LogP contribution in [0.4, 0.5) is 5.88 Å². The van der Waals surface area contributed by atoms with Crippen LogP contribution in [0.3, 0.4) is 0 Å². The summed E-state index contributed by atoms with van der Waals surface area (Å²) in [5, 5.41) is 1.90. The molecule has 0 aliphatic carbocycles. The molecule has 1 aliphatic rings. The summed E-state index contributed by atoms with van der Waals surface area (Å²) in [6.45, 7) is 3.56. The highest BCUT2D eigenvalue weighted by atomic mass is 16.5. The van der Waals surface area contributed by atoms with E-state index in [4.69, 9.17) is 10.5 Å². The van der Waals surface area contributed by atoms with E-state index >= 15 is 0 Å². The van der Waals surface area contributed by atoms with Crippen LogP contribution in [0.5, 0.6) is 0 Å². The van der Waals surface area contributed by atoms with Crippen LogP contribution in [-0.4, -0.2) is 30.3 Å². The third kappa shape index (κ3) is 4.01. The van der Waals surface area contributed by atoms with Crippen LogP contribution < -0.4 is 11.3 Å². The molecule has 1 fully saturated rings. The van der Waals surface area contributed by atoms with E-state index < -0.39 is 11.5 Å². The first-order valence-electron chi connectivity index (χ1n) is 5.85. The lowest BCUT2D eigenvalue weighted by Crippen LogP contribution is -2.14. The molecule has 1 atom stereocenters. The molecular weight excluding hydrogens is 268 g/mol. The summed E-state index contributed by atoms with van der Waals surface area (Å²) in [6.07, 6.45) is 4.15. The van der Waals surface area contributed by atoms with Crippen LogP contribution in [0, 0.1) is 0 Å². The standard InChI is InChI=1S/C7H10O2.C5H6N2O4/c1-2-3-6-4-5-7(8)9-6;1-10-5(9)2-3(6)11-7-4(2)8/h2,6H,1,3-5H2;6H2,1H3,(H,7,8). The Balaban J connectivity index is 0.000000204. The van der Waals surface area contributed by atoms with E-state index in [-0.39, 0.29) is 23.5 Å². The smallest absolute Gasteiger partial charge is 0.349 e. The Bertz CT molecular complexity index is 544. The second-order valence-electron chi connectivity index (χ2n) is 3.94. The molecule has 0 amide bonds. The summed E-state index contributed by atoms with van der Waals surface area (Å²) < 4.78 is 13.5. The highest BCUT2D eigenvalue weighted by Crippen LogP contribution is 2.16. The number of esters is 2. The van der Waals surface area contributed by atoms with Crippen molar-refractivity contribution in [3.8, 4) is 0 Å². The molecule has 1 aliphatic heterocycles. The number of hydrogen-bond donors (Lipinski definition) is 2. The van der Waals surface area contributed by atoms with E-state index in [9.17, 15) is 14.4 Å². The minimum atomic E-state index is -0.808. The van der Waals surface area contributed by atoms with E-state index in [1.54, 1.807) is 6.08 Å². The molecule has 1 aromatic heterocycles. The summed E-state index contributed by atoms with van der Waals surface area (Å²) in [5.74, 6) is -1.14. The van der Waals surface area contributed by atoms with Crippen molar-refractivity contribution in [1.29, 1.82) is 0 Å². The van der Waals surface area contributed by atoms with Gasteiger partial charge in [0.25, 0.3) is 5.56 Å². The lowest BCUT2D eigenvalue weighted by Gasteiger charge is -2.02. The molecule has 0 radical (unpaired) electrons.